The van der Waals surface area contributed by atoms with Crippen LogP contribution in [0, 0.1) is 5.92 Å². The first-order valence-electron chi connectivity index (χ1n) is 6.18. The van der Waals surface area contributed by atoms with E-state index in [4.69, 9.17) is 5.73 Å². The highest BCUT2D eigenvalue weighted by molar-refractivity contribution is 4.73. The van der Waals surface area contributed by atoms with Crippen LogP contribution in [0.4, 0.5) is 0 Å². The largest absolute Gasteiger partial charge is 0.330 e. The molecule has 0 radical (unpaired) electrons. The molecule has 0 atom stereocenters. The fourth-order valence-electron chi connectivity index (χ4n) is 2.38. The van der Waals surface area contributed by atoms with E-state index < -0.39 is 0 Å². The molecule has 0 unspecified atom stereocenters. The van der Waals surface area contributed by atoms with Gasteiger partial charge in [0.05, 0.1) is 0 Å². The van der Waals surface area contributed by atoms with Gasteiger partial charge in [0, 0.05) is 12.6 Å². The lowest BCUT2D eigenvalue weighted by atomic mass is 10.1. The lowest BCUT2D eigenvalue weighted by Crippen LogP contribution is -2.36. The minimum absolute atomic E-state index is 0.683. The summed E-state index contributed by atoms with van der Waals surface area (Å²) in [6.45, 7) is 7.91. The van der Waals surface area contributed by atoms with Crippen LogP contribution in [0.15, 0.2) is 0 Å². The maximum absolute atomic E-state index is 5.56. The highest BCUT2D eigenvalue weighted by atomic mass is 15.1. The van der Waals surface area contributed by atoms with Gasteiger partial charge < -0.3 is 10.6 Å². The highest BCUT2D eigenvalue weighted by Gasteiger charge is 2.19. The van der Waals surface area contributed by atoms with E-state index >= 15 is 0 Å². The first-order valence-corrected chi connectivity index (χ1v) is 6.18. The van der Waals surface area contributed by atoms with Gasteiger partial charge in [0.2, 0.25) is 0 Å². The predicted molar refractivity (Wildman–Crippen MR) is 62.3 cm³/mol. The Morgan fingerprint density at radius 1 is 1.29 bits per heavy atom. The second-order valence-corrected chi connectivity index (χ2v) is 4.88. The van der Waals surface area contributed by atoms with Crippen LogP contribution in [0.5, 0.6) is 0 Å². The van der Waals surface area contributed by atoms with Crippen molar-refractivity contribution in [3.63, 3.8) is 0 Å². The van der Waals surface area contributed by atoms with E-state index in [1.807, 2.05) is 0 Å². The van der Waals surface area contributed by atoms with Crippen molar-refractivity contribution in [1.29, 1.82) is 0 Å². The molecular weight excluding hydrogens is 172 g/mol. The minimum atomic E-state index is 0.683. The van der Waals surface area contributed by atoms with E-state index in [0.717, 1.165) is 18.9 Å². The summed E-state index contributed by atoms with van der Waals surface area (Å²) in [4.78, 5) is 2.60. The summed E-state index contributed by atoms with van der Waals surface area (Å²) in [5, 5.41) is 0. The van der Waals surface area contributed by atoms with E-state index in [1.54, 1.807) is 0 Å². The third-order valence-electron chi connectivity index (χ3n) is 3.35. The molecule has 1 aliphatic carbocycles. The molecule has 1 fully saturated rings. The Bertz CT molecular complexity index is 139. The molecule has 0 saturated heterocycles. The lowest BCUT2D eigenvalue weighted by molar-refractivity contribution is 0.187. The van der Waals surface area contributed by atoms with E-state index in [1.165, 1.54) is 38.8 Å². The fraction of sp³-hybridized carbons (Fsp3) is 1.00. The zero-order valence-corrected chi connectivity index (χ0v) is 9.84. The molecular formula is C12H26N2. The number of hydrogen-bond acceptors (Lipinski definition) is 2. The summed E-state index contributed by atoms with van der Waals surface area (Å²) in [6.07, 6.45) is 6.95. The van der Waals surface area contributed by atoms with Crippen LogP contribution in [0.2, 0.25) is 0 Å². The maximum Gasteiger partial charge on any atom is 0.00387 e. The topological polar surface area (TPSA) is 29.3 Å². The molecule has 0 aromatic rings. The van der Waals surface area contributed by atoms with Crippen molar-refractivity contribution in [3.8, 4) is 0 Å². The van der Waals surface area contributed by atoms with Gasteiger partial charge in [-0.05, 0) is 52.1 Å². The molecule has 0 heterocycles. The second kappa shape index (κ2) is 6.41. The summed E-state index contributed by atoms with van der Waals surface area (Å²) < 4.78 is 0. The average molecular weight is 198 g/mol. The van der Waals surface area contributed by atoms with Crippen LogP contribution < -0.4 is 5.73 Å². The predicted octanol–water partition coefficient (Wildman–Crippen LogP) is 2.24. The monoisotopic (exact) mass is 198 g/mol. The van der Waals surface area contributed by atoms with E-state index in [2.05, 4.69) is 18.7 Å². The van der Waals surface area contributed by atoms with Gasteiger partial charge in [-0.1, -0.05) is 12.8 Å². The number of nitrogens with two attached hydrogens (primary N) is 1. The van der Waals surface area contributed by atoms with Crippen LogP contribution in [-0.2, 0) is 0 Å². The van der Waals surface area contributed by atoms with Gasteiger partial charge in [0.1, 0.15) is 0 Å². The summed E-state index contributed by atoms with van der Waals surface area (Å²) in [5.41, 5.74) is 5.56. The Hall–Kier alpha value is -0.0800. The van der Waals surface area contributed by atoms with Gasteiger partial charge in [-0.3, -0.25) is 0 Å². The van der Waals surface area contributed by atoms with Crippen molar-refractivity contribution < 1.29 is 0 Å². The van der Waals surface area contributed by atoms with Crippen LogP contribution in [-0.4, -0.2) is 30.6 Å². The number of nitrogens with zero attached hydrogens (tertiary/aromatic N) is 1. The number of hydrogen-bond donors (Lipinski definition) is 1. The third kappa shape index (κ3) is 3.97. The van der Waals surface area contributed by atoms with E-state index in [-0.39, 0.29) is 0 Å². The molecule has 0 aromatic heterocycles. The highest BCUT2D eigenvalue weighted by Crippen LogP contribution is 2.26. The summed E-state index contributed by atoms with van der Waals surface area (Å²) >= 11 is 0. The minimum Gasteiger partial charge on any atom is -0.330 e. The molecule has 0 aliphatic heterocycles. The summed E-state index contributed by atoms with van der Waals surface area (Å²) in [5.74, 6) is 0.968. The van der Waals surface area contributed by atoms with Crippen molar-refractivity contribution in [3.05, 3.63) is 0 Å². The van der Waals surface area contributed by atoms with Crippen molar-refractivity contribution in [2.75, 3.05) is 19.6 Å². The Labute approximate surface area is 88.8 Å². The molecule has 2 nitrogen and oxygen atoms in total. The Morgan fingerprint density at radius 2 is 1.93 bits per heavy atom. The average Bonchev–Trinajstić information content (AvgIpc) is 2.64. The van der Waals surface area contributed by atoms with Crippen molar-refractivity contribution in [2.24, 2.45) is 11.7 Å². The lowest BCUT2D eigenvalue weighted by Gasteiger charge is -2.29. The zero-order valence-electron chi connectivity index (χ0n) is 9.84. The van der Waals surface area contributed by atoms with Crippen LogP contribution in [0.1, 0.15) is 46.0 Å². The fourth-order valence-corrected chi connectivity index (χ4v) is 2.38. The van der Waals surface area contributed by atoms with Gasteiger partial charge in [-0.2, -0.15) is 0 Å². The normalized spacial score (nSPS) is 18.6. The van der Waals surface area contributed by atoms with Gasteiger partial charge in [0.25, 0.3) is 0 Å². The van der Waals surface area contributed by atoms with Crippen LogP contribution in [0.25, 0.3) is 0 Å². The SMILES string of the molecule is CC(C)N(CCCN)CC1CCCC1. The molecule has 2 heteroatoms. The Balaban J connectivity index is 2.26. The molecule has 0 spiro atoms. The van der Waals surface area contributed by atoms with Gasteiger partial charge in [-0.15, -0.1) is 0 Å². The third-order valence-corrected chi connectivity index (χ3v) is 3.35. The van der Waals surface area contributed by atoms with E-state index in [0.29, 0.717) is 6.04 Å². The first kappa shape index (κ1) is 12.0. The summed E-state index contributed by atoms with van der Waals surface area (Å²) in [6, 6.07) is 0.683. The molecule has 14 heavy (non-hydrogen) atoms. The second-order valence-electron chi connectivity index (χ2n) is 4.88. The standard InChI is InChI=1S/C12H26N2/c1-11(2)14(9-5-8-13)10-12-6-3-4-7-12/h11-12H,3-10,13H2,1-2H3. The molecule has 1 saturated carbocycles. The van der Waals surface area contributed by atoms with Crippen molar-refractivity contribution in [2.45, 2.75) is 52.0 Å². The van der Waals surface area contributed by atoms with Crippen LogP contribution in [0.3, 0.4) is 0 Å². The summed E-state index contributed by atoms with van der Waals surface area (Å²) in [7, 11) is 0. The first-order chi connectivity index (χ1) is 6.74. The molecule has 1 rings (SSSR count). The Kier molecular flexibility index (Phi) is 5.49. The van der Waals surface area contributed by atoms with Crippen LogP contribution >= 0.6 is 0 Å². The number of rotatable bonds is 6. The quantitative estimate of drug-likeness (QED) is 0.709. The molecule has 0 amide bonds. The zero-order chi connectivity index (χ0) is 10.4. The molecule has 84 valence electrons. The molecule has 0 bridgehead atoms. The van der Waals surface area contributed by atoms with Gasteiger partial charge >= 0.3 is 0 Å². The molecule has 1 aliphatic rings. The molecule has 0 aromatic carbocycles. The molecule has 2 N–H and O–H groups in total. The van der Waals surface area contributed by atoms with E-state index in [9.17, 15) is 0 Å². The van der Waals surface area contributed by atoms with Gasteiger partial charge in [0.15, 0.2) is 0 Å². The van der Waals surface area contributed by atoms with Gasteiger partial charge in [-0.25, -0.2) is 0 Å². The Morgan fingerprint density at radius 3 is 2.43 bits per heavy atom. The van der Waals surface area contributed by atoms with Crippen molar-refractivity contribution >= 4 is 0 Å². The maximum atomic E-state index is 5.56. The van der Waals surface area contributed by atoms with Crippen molar-refractivity contribution in [1.82, 2.24) is 4.90 Å². The smallest absolute Gasteiger partial charge is 0.00387 e.